The maximum absolute atomic E-state index is 5.36. The van der Waals surface area contributed by atoms with Gasteiger partial charge in [-0.3, -0.25) is 5.43 Å². The second-order valence-corrected chi connectivity index (χ2v) is 4.73. The van der Waals surface area contributed by atoms with Gasteiger partial charge >= 0.3 is 0 Å². The summed E-state index contributed by atoms with van der Waals surface area (Å²) >= 11 is 1.65. The van der Waals surface area contributed by atoms with Crippen LogP contribution in [0.4, 0.5) is 11.9 Å². The Morgan fingerprint density at radius 2 is 2.15 bits per heavy atom. The summed E-state index contributed by atoms with van der Waals surface area (Å²) in [4.78, 5) is 17.5. The molecule has 3 aromatic rings. The van der Waals surface area contributed by atoms with E-state index in [2.05, 4.69) is 35.8 Å². The van der Waals surface area contributed by atoms with E-state index in [9.17, 15) is 0 Å². The number of hydrogen-bond acceptors (Lipinski definition) is 9. The fourth-order valence-electron chi connectivity index (χ4n) is 1.50. The lowest BCUT2D eigenvalue weighted by Crippen LogP contribution is -2.16. The van der Waals surface area contributed by atoms with Gasteiger partial charge in [-0.25, -0.2) is 10.8 Å². The number of rotatable bonds is 5. The van der Waals surface area contributed by atoms with Crippen molar-refractivity contribution in [3.8, 4) is 5.95 Å². The topological polar surface area (TPSA) is 119 Å². The van der Waals surface area contributed by atoms with Crippen molar-refractivity contribution < 1.29 is 0 Å². The lowest BCUT2D eigenvalue weighted by atomic mass is 10.5. The molecule has 0 aliphatic heterocycles. The molecule has 0 saturated heterocycles. The zero-order chi connectivity index (χ0) is 13.8. The Kier molecular flexibility index (Phi) is 3.48. The number of nitrogens with two attached hydrogens (primary N) is 1. The van der Waals surface area contributed by atoms with Crippen molar-refractivity contribution in [1.82, 2.24) is 29.7 Å². The lowest BCUT2D eigenvalue weighted by Gasteiger charge is -2.07. The van der Waals surface area contributed by atoms with E-state index in [0.717, 1.165) is 0 Å². The molecule has 9 nitrogen and oxygen atoms in total. The summed E-state index contributed by atoms with van der Waals surface area (Å²) in [5, 5.41) is 9.10. The fourth-order valence-corrected chi connectivity index (χ4v) is 2.15. The minimum Gasteiger partial charge on any atom is -0.349 e. The largest absolute Gasteiger partial charge is 0.349 e. The normalized spacial score (nSPS) is 10.4. The highest BCUT2D eigenvalue weighted by molar-refractivity contribution is 7.09. The summed E-state index contributed by atoms with van der Waals surface area (Å²) in [5.74, 6) is 6.35. The van der Waals surface area contributed by atoms with Gasteiger partial charge < -0.3 is 5.32 Å². The summed E-state index contributed by atoms with van der Waals surface area (Å²) in [6.07, 6.45) is 2.90. The molecule has 0 fully saturated rings. The quantitative estimate of drug-likeness (QED) is 0.456. The van der Waals surface area contributed by atoms with Gasteiger partial charge in [0.2, 0.25) is 11.9 Å². The number of anilines is 2. The smallest absolute Gasteiger partial charge is 0.258 e. The van der Waals surface area contributed by atoms with Gasteiger partial charge in [-0.05, 0) is 11.4 Å². The molecule has 0 bridgehead atoms. The summed E-state index contributed by atoms with van der Waals surface area (Å²) in [6, 6.07) is 4.02. The average molecular weight is 289 g/mol. The molecule has 4 N–H and O–H groups in total. The molecule has 0 spiro atoms. The SMILES string of the molecule is NNc1nc(NCc2cccs2)nc(-n2cncn2)n1. The molecule has 10 heteroatoms. The van der Waals surface area contributed by atoms with E-state index in [-0.39, 0.29) is 5.95 Å². The standard InChI is InChI=1S/C10H11N9S/c11-18-9-15-8(13-4-7-2-1-3-20-7)16-10(17-9)19-6-12-5-14-19/h1-3,5-6H,4,11H2,(H2,13,15,16,17,18). The first-order chi connectivity index (χ1) is 9.85. The fraction of sp³-hybridized carbons (Fsp3) is 0.100. The highest BCUT2D eigenvalue weighted by atomic mass is 32.1. The zero-order valence-electron chi connectivity index (χ0n) is 10.3. The molecule has 0 aromatic carbocycles. The number of nitrogens with zero attached hydrogens (tertiary/aromatic N) is 6. The molecule has 0 atom stereocenters. The van der Waals surface area contributed by atoms with Gasteiger partial charge in [0.25, 0.3) is 5.95 Å². The average Bonchev–Trinajstić information content (AvgIpc) is 3.17. The zero-order valence-corrected chi connectivity index (χ0v) is 11.1. The summed E-state index contributed by atoms with van der Waals surface area (Å²) in [6.45, 7) is 0.627. The highest BCUT2D eigenvalue weighted by Gasteiger charge is 2.08. The van der Waals surface area contributed by atoms with Gasteiger partial charge in [-0.15, -0.1) is 11.3 Å². The first kappa shape index (κ1) is 12.4. The number of thiophene rings is 1. The van der Waals surface area contributed by atoms with Crippen molar-refractivity contribution in [1.29, 1.82) is 0 Å². The van der Waals surface area contributed by atoms with Crippen LogP contribution in [0.2, 0.25) is 0 Å². The van der Waals surface area contributed by atoms with Crippen molar-refractivity contribution in [3.63, 3.8) is 0 Å². The van der Waals surface area contributed by atoms with Gasteiger partial charge in [0.05, 0.1) is 6.54 Å². The Morgan fingerprint density at radius 1 is 1.25 bits per heavy atom. The molecule has 0 radical (unpaired) electrons. The van der Waals surface area contributed by atoms with Crippen LogP contribution >= 0.6 is 11.3 Å². The van der Waals surface area contributed by atoms with Crippen molar-refractivity contribution >= 4 is 23.2 Å². The third kappa shape index (κ3) is 2.70. The van der Waals surface area contributed by atoms with Crippen molar-refractivity contribution in [2.24, 2.45) is 5.84 Å². The van der Waals surface area contributed by atoms with Crippen molar-refractivity contribution in [3.05, 3.63) is 35.0 Å². The lowest BCUT2D eigenvalue weighted by molar-refractivity contribution is 0.794. The molecule has 0 aliphatic rings. The Labute approximate surface area is 117 Å². The van der Waals surface area contributed by atoms with Gasteiger partial charge in [0.15, 0.2) is 0 Å². The van der Waals surface area contributed by atoms with Crippen molar-refractivity contribution in [2.45, 2.75) is 6.54 Å². The first-order valence-corrected chi connectivity index (χ1v) is 6.57. The van der Waals surface area contributed by atoms with Crippen molar-refractivity contribution in [2.75, 3.05) is 10.7 Å². The van der Waals surface area contributed by atoms with Crippen LogP contribution in [0.1, 0.15) is 4.88 Å². The maximum atomic E-state index is 5.36. The third-order valence-electron chi connectivity index (χ3n) is 2.38. The van der Waals surface area contributed by atoms with E-state index >= 15 is 0 Å². The van der Waals surface area contributed by atoms with Crippen LogP contribution in [0.5, 0.6) is 0 Å². The van der Waals surface area contributed by atoms with E-state index in [0.29, 0.717) is 18.4 Å². The second-order valence-electron chi connectivity index (χ2n) is 3.70. The Balaban J connectivity index is 1.84. The minimum absolute atomic E-state index is 0.249. The summed E-state index contributed by atoms with van der Waals surface area (Å²) < 4.78 is 1.43. The monoisotopic (exact) mass is 289 g/mol. The van der Waals surface area contributed by atoms with Crippen LogP contribution < -0.4 is 16.6 Å². The molecule has 102 valence electrons. The Morgan fingerprint density at radius 3 is 2.85 bits per heavy atom. The number of hydrazine groups is 1. The molecule has 3 heterocycles. The molecule has 0 amide bonds. The van der Waals surface area contributed by atoms with E-state index in [1.54, 1.807) is 11.3 Å². The van der Waals surface area contributed by atoms with E-state index in [1.165, 1.54) is 22.2 Å². The number of nitrogen functional groups attached to an aromatic ring is 1. The molecule has 0 unspecified atom stereocenters. The molecule has 3 rings (SSSR count). The summed E-state index contributed by atoms with van der Waals surface area (Å²) in [5.41, 5.74) is 2.40. The highest BCUT2D eigenvalue weighted by Crippen LogP contribution is 2.12. The number of hydrogen-bond donors (Lipinski definition) is 3. The molecule has 20 heavy (non-hydrogen) atoms. The predicted molar refractivity (Wildman–Crippen MR) is 74.2 cm³/mol. The van der Waals surface area contributed by atoms with Gasteiger partial charge in [0, 0.05) is 4.88 Å². The predicted octanol–water partition coefficient (Wildman–Crippen LogP) is 0.411. The van der Waals surface area contributed by atoms with Crippen LogP contribution in [0.15, 0.2) is 30.2 Å². The van der Waals surface area contributed by atoms with Crippen LogP contribution in [0.3, 0.4) is 0 Å². The molecule has 0 saturated carbocycles. The molecule has 3 aromatic heterocycles. The second kappa shape index (κ2) is 5.59. The van der Waals surface area contributed by atoms with E-state index < -0.39 is 0 Å². The summed E-state index contributed by atoms with van der Waals surface area (Å²) in [7, 11) is 0. The van der Waals surface area contributed by atoms with Crippen LogP contribution in [0, 0.1) is 0 Å². The molecular weight excluding hydrogens is 278 g/mol. The van der Waals surface area contributed by atoms with E-state index in [4.69, 9.17) is 5.84 Å². The third-order valence-corrected chi connectivity index (χ3v) is 3.25. The Bertz CT molecular complexity index is 664. The minimum atomic E-state index is 0.249. The molecular formula is C10H11N9S. The van der Waals surface area contributed by atoms with Crippen LogP contribution in [0.25, 0.3) is 5.95 Å². The van der Waals surface area contributed by atoms with Gasteiger partial charge in [-0.2, -0.15) is 24.7 Å². The van der Waals surface area contributed by atoms with E-state index in [1.807, 2.05) is 17.5 Å². The molecule has 0 aliphatic carbocycles. The Hall–Kier alpha value is -2.59. The van der Waals surface area contributed by atoms with Gasteiger partial charge in [0.1, 0.15) is 12.7 Å². The van der Waals surface area contributed by atoms with Crippen LogP contribution in [-0.2, 0) is 6.54 Å². The first-order valence-electron chi connectivity index (χ1n) is 5.69. The van der Waals surface area contributed by atoms with Gasteiger partial charge in [-0.1, -0.05) is 6.07 Å². The number of nitrogens with one attached hydrogen (secondary N) is 2. The number of aromatic nitrogens is 6. The van der Waals surface area contributed by atoms with Crippen LogP contribution in [-0.4, -0.2) is 29.7 Å². The maximum Gasteiger partial charge on any atom is 0.258 e.